The van der Waals surface area contributed by atoms with Gasteiger partial charge in [0.1, 0.15) is 11.5 Å². The number of imidazole rings is 1. The van der Waals surface area contributed by atoms with E-state index >= 15 is 0 Å². The molecule has 7 nitrogen and oxygen atoms in total. The lowest BCUT2D eigenvalue weighted by atomic mass is 10.1. The summed E-state index contributed by atoms with van der Waals surface area (Å²) in [6.45, 7) is 2.35. The van der Waals surface area contributed by atoms with Crippen LogP contribution < -0.4 is 0 Å². The molecule has 0 spiro atoms. The molecule has 2 aromatic rings. The van der Waals surface area contributed by atoms with Crippen molar-refractivity contribution in [3.8, 4) is 11.5 Å². The minimum absolute atomic E-state index is 0.213. The van der Waals surface area contributed by atoms with Gasteiger partial charge in [-0.2, -0.15) is 4.31 Å². The molecule has 3 heterocycles. The third-order valence-corrected chi connectivity index (χ3v) is 4.86. The van der Waals surface area contributed by atoms with Crippen LogP contribution in [0.15, 0.2) is 18.5 Å². The number of aromatic amines is 1. The maximum absolute atomic E-state index is 11.9. The molecule has 0 amide bonds. The first-order valence-electron chi connectivity index (χ1n) is 6.77. The first kappa shape index (κ1) is 14.2. The van der Waals surface area contributed by atoms with Crippen LogP contribution >= 0.6 is 0 Å². The van der Waals surface area contributed by atoms with Crippen LogP contribution in [0.2, 0.25) is 0 Å². The lowest BCUT2D eigenvalue weighted by Crippen LogP contribution is -2.30. The van der Waals surface area contributed by atoms with Crippen molar-refractivity contribution in [1.29, 1.82) is 0 Å². The fourth-order valence-electron chi connectivity index (χ4n) is 2.72. The molecule has 1 saturated heterocycles. The minimum Gasteiger partial charge on any atom is -0.343 e. The van der Waals surface area contributed by atoms with Crippen LogP contribution in [0, 0.1) is 6.92 Å². The Morgan fingerprint density at radius 1 is 1.38 bits per heavy atom. The van der Waals surface area contributed by atoms with Gasteiger partial charge in [-0.1, -0.05) is 0 Å². The molecule has 112 valence electrons. The normalized spacial score (nSPS) is 20.0. The zero-order valence-electron chi connectivity index (χ0n) is 11.9. The van der Waals surface area contributed by atoms with E-state index in [0.717, 1.165) is 18.5 Å². The predicted octanol–water partition coefficient (Wildman–Crippen LogP) is 1.27. The van der Waals surface area contributed by atoms with Crippen molar-refractivity contribution in [2.45, 2.75) is 25.8 Å². The Labute approximate surface area is 123 Å². The molecule has 0 aliphatic carbocycles. The van der Waals surface area contributed by atoms with E-state index in [1.807, 2.05) is 6.07 Å². The smallest absolute Gasteiger partial charge is 0.211 e. The van der Waals surface area contributed by atoms with Crippen LogP contribution in [-0.4, -0.2) is 45.5 Å². The number of aryl methyl sites for hydroxylation is 1. The molecule has 0 saturated carbocycles. The topological polar surface area (TPSA) is 91.8 Å². The maximum Gasteiger partial charge on any atom is 0.211 e. The van der Waals surface area contributed by atoms with E-state index in [2.05, 4.69) is 19.9 Å². The Morgan fingerprint density at radius 3 is 2.86 bits per heavy atom. The number of aromatic nitrogens is 4. The molecule has 2 aromatic heterocycles. The maximum atomic E-state index is 11.9. The van der Waals surface area contributed by atoms with Crippen molar-refractivity contribution in [1.82, 2.24) is 24.2 Å². The van der Waals surface area contributed by atoms with Gasteiger partial charge in [-0.3, -0.25) is 0 Å². The summed E-state index contributed by atoms with van der Waals surface area (Å²) in [6, 6.07) is 1.61. The summed E-state index contributed by atoms with van der Waals surface area (Å²) < 4.78 is 25.3. The summed E-state index contributed by atoms with van der Waals surface area (Å²) in [5.41, 5.74) is 1.42. The van der Waals surface area contributed by atoms with Gasteiger partial charge in [0.25, 0.3) is 0 Å². The number of nitrogens with zero attached hydrogens (tertiary/aromatic N) is 4. The molecule has 3 rings (SSSR count). The highest BCUT2D eigenvalue weighted by Gasteiger charge is 2.33. The zero-order valence-corrected chi connectivity index (χ0v) is 12.8. The summed E-state index contributed by atoms with van der Waals surface area (Å²) in [5, 5.41) is 0. The molecule has 1 atom stereocenters. The van der Waals surface area contributed by atoms with Crippen LogP contribution in [0.1, 0.15) is 30.4 Å². The van der Waals surface area contributed by atoms with Gasteiger partial charge in [-0.05, 0) is 25.8 Å². The van der Waals surface area contributed by atoms with E-state index in [9.17, 15) is 8.42 Å². The third-order valence-electron chi connectivity index (χ3n) is 3.57. The van der Waals surface area contributed by atoms with Gasteiger partial charge >= 0.3 is 0 Å². The Hall–Kier alpha value is -1.80. The van der Waals surface area contributed by atoms with Crippen molar-refractivity contribution in [3.63, 3.8) is 0 Å². The van der Waals surface area contributed by atoms with Gasteiger partial charge < -0.3 is 4.98 Å². The Balaban J connectivity index is 2.03. The Morgan fingerprint density at radius 2 is 2.19 bits per heavy atom. The quantitative estimate of drug-likeness (QED) is 0.922. The Kier molecular flexibility index (Phi) is 3.50. The van der Waals surface area contributed by atoms with Gasteiger partial charge in [0.05, 0.1) is 18.0 Å². The first-order chi connectivity index (χ1) is 9.95. The molecule has 0 aromatic carbocycles. The fraction of sp³-hybridized carbons (Fsp3) is 0.462. The van der Waals surface area contributed by atoms with Crippen molar-refractivity contribution >= 4 is 10.0 Å². The highest BCUT2D eigenvalue weighted by molar-refractivity contribution is 7.88. The zero-order chi connectivity index (χ0) is 15.0. The molecule has 1 fully saturated rings. The molecule has 1 N–H and O–H groups in total. The number of sulfonamides is 1. The van der Waals surface area contributed by atoms with E-state index in [4.69, 9.17) is 0 Å². The van der Waals surface area contributed by atoms with E-state index < -0.39 is 10.0 Å². The van der Waals surface area contributed by atoms with Gasteiger partial charge in [-0.25, -0.2) is 23.4 Å². The van der Waals surface area contributed by atoms with E-state index in [-0.39, 0.29) is 6.04 Å². The summed E-state index contributed by atoms with van der Waals surface area (Å²) >= 11 is 0. The largest absolute Gasteiger partial charge is 0.343 e. The van der Waals surface area contributed by atoms with Gasteiger partial charge in [0, 0.05) is 18.9 Å². The standard InChI is InChI=1S/C13H17N5O2S/c1-9-16-10(8-11(17-9)13-14-5-6-15-13)12-4-3-7-18(12)21(2,19)20/h5-6,8,12H,3-4,7H2,1-2H3,(H,14,15)/t12-/m1/s1. The number of hydrogen-bond acceptors (Lipinski definition) is 5. The van der Waals surface area contributed by atoms with Crippen LogP contribution in [-0.2, 0) is 10.0 Å². The van der Waals surface area contributed by atoms with Crippen molar-refractivity contribution in [2.75, 3.05) is 12.8 Å². The highest BCUT2D eigenvalue weighted by atomic mass is 32.2. The summed E-state index contributed by atoms with van der Waals surface area (Å²) in [4.78, 5) is 16.0. The van der Waals surface area contributed by atoms with Crippen LogP contribution in [0.5, 0.6) is 0 Å². The van der Waals surface area contributed by atoms with E-state index in [0.29, 0.717) is 23.9 Å². The SMILES string of the molecule is Cc1nc(-c2ncc[nH]2)cc([C@H]2CCCN2S(C)(=O)=O)n1. The summed E-state index contributed by atoms with van der Waals surface area (Å²) in [5.74, 6) is 1.27. The predicted molar refractivity (Wildman–Crippen MR) is 77.9 cm³/mol. The van der Waals surface area contributed by atoms with Crippen molar-refractivity contribution in [2.24, 2.45) is 0 Å². The van der Waals surface area contributed by atoms with Crippen LogP contribution in [0.3, 0.4) is 0 Å². The lowest BCUT2D eigenvalue weighted by Gasteiger charge is -2.22. The van der Waals surface area contributed by atoms with Crippen LogP contribution in [0.4, 0.5) is 0 Å². The molecule has 1 aliphatic heterocycles. The molecule has 8 heteroatoms. The molecular weight excluding hydrogens is 290 g/mol. The van der Waals surface area contributed by atoms with Gasteiger partial charge in [0.15, 0.2) is 5.82 Å². The van der Waals surface area contributed by atoms with Crippen molar-refractivity contribution in [3.05, 3.63) is 30.0 Å². The van der Waals surface area contributed by atoms with E-state index in [1.165, 1.54) is 10.6 Å². The lowest BCUT2D eigenvalue weighted by molar-refractivity contribution is 0.393. The van der Waals surface area contributed by atoms with Gasteiger partial charge in [-0.15, -0.1) is 0 Å². The second kappa shape index (κ2) is 5.19. The highest BCUT2D eigenvalue weighted by Crippen LogP contribution is 2.33. The molecule has 21 heavy (non-hydrogen) atoms. The van der Waals surface area contributed by atoms with Crippen molar-refractivity contribution < 1.29 is 8.42 Å². The third kappa shape index (κ3) is 2.81. The van der Waals surface area contributed by atoms with E-state index in [1.54, 1.807) is 19.3 Å². The second-order valence-electron chi connectivity index (χ2n) is 5.19. The molecule has 0 radical (unpaired) electrons. The average Bonchev–Trinajstić information content (AvgIpc) is 3.09. The first-order valence-corrected chi connectivity index (χ1v) is 8.62. The monoisotopic (exact) mass is 307 g/mol. The average molecular weight is 307 g/mol. The summed E-state index contributed by atoms with van der Waals surface area (Å²) in [7, 11) is -3.23. The second-order valence-corrected chi connectivity index (χ2v) is 7.13. The molecular formula is C13H17N5O2S. The number of rotatable bonds is 3. The fourth-order valence-corrected chi connectivity index (χ4v) is 3.86. The molecule has 1 aliphatic rings. The van der Waals surface area contributed by atoms with Gasteiger partial charge in [0.2, 0.25) is 10.0 Å². The molecule has 0 bridgehead atoms. The van der Waals surface area contributed by atoms with Crippen LogP contribution in [0.25, 0.3) is 11.5 Å². The minimum atomic E-state index is -3.23. The number of H-pyrrole nitrogens is 1. The number of nitrogens with one attached hydrogen (secondary N) is 1. The summed E-state index contributed by atoms with van der Waals surface area (Å²) in [6.07, 6.45) is 6.25. The Bertz CT molecular complexity index is 742. The molecule has 0 unspecified atom stereocenters. The number of hydrogen-bond donors (Lipinski definition) is 1.